The maximum Gasteiger partial charge on any atom is 0.408 e. The Morgan fingerprint density at radius 1 is 1.13 bits per heavy atom. The molecular weight excluding hydrogens is 302 g/mol. The van der Waals surface area contributed by atoms with Gasteiger partial charge in [-0.3, -0.25) is 0 Å². The first-order chi connectivity index (χ1) is 10.8. The highest BCUT2D eigenvalue weighted by Crippen LogP contribution is 2.07. The van der Waals surface area contributed by atoms with Crippen molar-refractivity contribution in [3.8, 4) is 0 Å². The van der Waals surface area contributed by atoms with E-state index in [2.05, 4.69) is 5.32 Å². The Hall–Kier alpha value is -2.57. The van der Waals surface area contributed by atoms with Crippen molar-refractivity contribution in [2.75, 3.05) is 0 Å². The van der Waals surface area contributed by atoms with Crippen LogP contribution >= 0.6 is 0 Å². The summed E-state index contributed by atoms with van der Waals surface area (Å²) in [4.78, 5) is 34.5. The second kappa shape index (κ2) is 8.77. The number of nitrogens with one attached hydrogen (secondary N) is 1. The number of rotatable bonds is 7. The zero-order valence-electron chi connectivity index (χ0n) is 13.3. The molecular formula is C16H21NO6. The van der Waals surface area contributed by atoms with Gasteiger partial charge in [0, 0.05) is 0 Å². The molecule has 126 valence electrons. The fourth-order valence-corrected chi connectivity index (χ4v) is 1.69. The Labute approximate surface area is 134 Å². The Balaban J connectivity index is 2.56. The van der Waals surface area contributed by atoms with Crippen LogP contribution < -0.4 is 5.32 Å². The monoisotopic (exact) mass is 323 g/mol. The molecule has 0 heterocycles. The lowest BCUT2D eigenvalue weighted by atomic mass is 10.1. The Kier molecular flexibility index (Phi) is 7.05. The fraction of sp³-hybridized carbons (Fsp3) is 0.438. The van der Waals surface area contributed by atoms with Crippen molar-refractivity contribution >= 4 is 18.0 Å². The number of esters is 1. The van der Waals surface area contributed by atoms with Crippen molar-refractivity contribution in [3.05, 3.63) is 35.9 Å². The number of carbonyl (C=O) groups excluding carboxylic acids is 2. The molecule has 0 saturated carbocycles. The average molecular weight is 323 g/mol. The van der Waals surface area contributed by atoms with Gasteiger partial charge in [-0.1, -0.05) is 44.2 Å². The highest BCUT2D eigenvalue weighted by Gasteiger charge is 2.29. The van der Waals surface area contributed by atoms with Gasteiger partial charge in [-0.05, 0) is 18.4 Å². The number of alkyl carbamates (subject to hydrolysis) is 1. The molecule has 0 spiro atoms. The lowest BCUT2D eigenvalue weighted by Gasteiger charge is -2.21. The SMILES string of the molecule is CC(C)[C@H](NC(=O)OCc1ccccc1)C(=O)O[C@@H](C)C(=O)O. The van der Waals surface area contributed by atoms with Gasteiger partial charge in [0.2, 0.25) is 0 Å². The van der Waals surface area contributed by atoms with Crippen LogP contribution in [0.3, 0.4) is 0 Å². The van der Waals surface area contributed by atoms with Crippen LogP contribution in [0.25, 0.3) is 0 Å². The van der Waals surface area contributed by atoms with E-state index in [-0.39, 0.29) is 12.5 Å². The summed E-state index contributed by atoms with van der Waals surface area (Å²) >= 11 is 0. The second-order valence-electron chi connectivity index (χ2n) is 5.35. The van der Waals surface area contributed by atoms with E-state index in [0.29, 0.717) is 0 Å². The van der Waals surface area contributed by atoms with E-state index in [1.54, 1.807) is 26.0 Å². The minimum absolute atomic E-state index is 0.0675. The van der Waals surface area contributed by atoms with Crippen LogP contribution in [0.2, 0.25) is 0 Å². The predicted molar refractivity (Wildman–Crippen MR) is 81.6 cm³/mol. The molecule has 7 heteroatoms. The van der Waals surface area contributed by atoms with Crippen LogP contribution in [-0.4, -0.2) is 35.3 Å². The largest absolute Gasteiger partial charge is 0.479 e. The number of ether oxygens (including phenoxy) is 2. The van der Waals surface area contributed by atoms with Crippen molar-refractivity contribution in [1.29, 1.82) is 0 Å². The van der Waals surface area contributed by atoms with E-state index in [4.69, 9.17) is 14.6 Å². The van der Waals surface area contributed by atoms with Crippen molar-refractivity contribution in [1.82, 2.24) is 5.32 Å². The molecule has 0 fully saturated rings. The average Bonchev–Trinajstić information content (AvgIpc) is 2.51. The first kappa shape index (κ1) is 18.5. The van der Waals surface area contributed by atoms with Crippen LogP contribution in [0.1, 0.15) is 26.3 Å². The van der Waals surface area contributed by atoms with Crippen molar-refractivity contribution in [2.24, 2.45) is 5.92 Å². The topological polar surface area (TPSA) is 102 Å². The quantitative estimate of drug-likeness (QED) is 0.744. The summed E-state index contributed by atoms with van der Waals surface area (Å²) in [6.45, 7) is 4.72. The standard InChI is InChI=1S/C16H21NO6/c1-10(2)13(15(20)23-11(3)14(18)19)17-16(21)22-9-12-7-5-4-6-8-12/h4-8,10-11,13H,9H2,1-3H3,(H,17,21)(H,18,19)/t11-,13-/m0/s1. The van der Waals surface area contributed by atoms with Gasteiger partial charge in [0.15, 0.2) is 6.10 Å². The molecule has 1 amide bonds. The number of amides is 1. The molecule has 0 aliphatic rings. The Morgan fingerprint density at radius 3 is 2.26 bits per heavy atom. The smallest absolute Gasteiger partial charge is 0.408 e. The maximum absolute atomic E-state index is 12.0. The maximum atomic E-state index is 12.0. The molecule has 2 N–H and O–H groups in total. The van der Waals surface area contributed by atoms with Crippen molar-refractivity contribution in [3.63, 3.8) is 0 Å². The van der Waals surface area contributed by atoms with Gasteiger partial charge in [0.1, 0.15) is 12.6 Å². The Morgan fingerprint density at radius 2 is 1.74 bits per heavy atom. The molecule has 23 heavy (non-hydrogen) atoms. The second-order valence-corrected chi connectivity index (χ2v) is 5.35. The van der Waals surface area contributed by atoms with E-state index in [9.17, 15) is 14.4 Å². The van der Waals surface area contributed by atoms with E-state index >= 15 is 0 Å². The number of carbonyl (C=O) groups is 3. The lowest BCUT2D eigenvalue weighted by molar-refractivity contribution is -0.164. The summed E-state index contributed by atoms with van der Waals surface area (Å²) in [6, 6.07) is 8.10. The van der Waals surface area contributed by atoms with Gasteiger partial charge in [-0.2, -0.15) is 0 Å². The van der Waals surface area contributed by atoms with Gasteiger partial charge in [-0.15, -0.1) is 0 Å². The first-order valence-corrected chi connectivity index (χ1v) is 7.21. The minimum Gasteiger partial charge on any atom is -0.479 e. The summed E-state index contributed by atoms with van der Waals surface area (Å²) in [6.07, 6.45) is -2.06. The fourth-order valence-electron chi connectivity index (χ4n) is 1.69. The summed E-state index contributed by atoms with van der Waals surface area (Å²) in [5.74, 6) is -2.35. The van der Waals surface area contributed by atoms with Crippen LogP contribution in [0, 0.1) is 5.92 Å². The number of benzene rings is 1. The molecule has 0 bridgehead atoms. The van der Waals surface area contributed by atoms with Gasteiger partial charge in [0.25, 0.3) is 0 Å². The van der Waals surface area contributed by atoms with E-state index in [0.717, 1.165) is 5.56 Å². The van der Waals surface area contributed by atoms with Gasteiger partial charge in [0.05, 0.1) is 0 Å². The molecule has 7 nitrogen and oxygen atoms in total. The number of aliphatic carboxylic acids is 1. The van der Waals surface area contributed by atoms with E-state index < -0.39 is 30.2 Å². The minimum atomic E-state index is -1.29. The molecule has 1 aromatic rings. The third-order valence-electron chi connectivity index (χ3n) is 3.05. The van der Waals surface area contributed by atoms with Gasteiger partial charge < -0.3 is 19.9 Å². The highest BCUT2D eigenvalue weighted by atomic mass is 16.6. The molecule has 0 aliphatic carbocycles. The lowest BCUT2D eigenvalue weighted by Crippen LogP contribution is -2.46. The molecule has 1 rings (SSSR count). The van der Waals surface area contributed by atoms with Crippen LogP contribution in [0.4, 0.5) is 4.79 Å². The van der Waals surface area contributed by atoms with Crippen molar-refractivity contribution < 1.29 is 29.0 Å². The van der Waals surface area contributed by atoms with Crippen LogP contribution in [0.15, 0.2) is 30.3 Å². The first-order valence-electron chi connectivity index (χ1n) is 7.21. The molecule has 0 radical (unpaired) electrons. The predicted octanol–water partition coefficient (Wildman–Crippen LogP) is 1.95. The van der Waals surface area contributed by atoms with E-state index in [1.165, 1.54) is 6.92 Å². The molecule has 0 aromatic heterocycles. The van der Waals surface area contributed by atoms with Gasteiger partial charge >= 0.3 is 18.0 Å². The summed E-state index contributed by atoms with van der Waals surface area (Å²) in [5, 5.41) is 11.2. The van der Waals surface area contributed by atoms with Crippen LogP contribution in [-0.2, 0) is 25.7 Å². The number of carboxylic acids is 1. The molecule has 2 atom stereocenters. The zero-order valence-corrected chi connectivity index (χ0v) is 13.3. The third-order valence-corrected chi connectivity index (χ3v) is 3.05. The molecule has 0 unspecified atom stereocenters. The summed E-state index contributed by atoms with van der Waals surface area (Å²) in [5.41, 5.74) is 0.811. The molecule has 0 aliphatic heterocycles. The van der Waals surface area contributed by atoms with Crippen LogP contribution in [0.5, 0.6) is 0 Å². The Bertz CT molecular complexity index is 543. The molecule has 1 aromatic carbocycles. The van der Waals surface area contributed by atoms with E-state index in [1.807, 2.05) is 18.2 Å². The third kappa shape index (κ3) is 6.37. The highest BCUT2D eigenvalue weighted by molar-refractivity contribution is 5.84. The normalized spacial score (nSPS) is 13.0. The van der Waals surface area contributed by atoms with Crippen molar-refractivity contribution in [2.45, 2.75) is 39.5 Å². The summed E-state index contributed by atoms with van der Waals surface area (Å²) in [7, 11) is 0. The summed E-state index contributed by atoms with van der Waals surface area (Å²) < 4.78 is 9.83. The molecule has 0 saturated heterocycles. The van der Waals surface area contributed by atoms with Gasteiger partial charge in [-0.25, -0.2) is 14.4 Å². The number of hydrogen-bond acceptors (Lipinski definition) is 5. The zero-order chi connectivity index (χ0) is 17.4. The number of hydrogen-bond donors (Lipinski definition) is 2. The number of carboxylic acid groups (broad SMARTS) is 1.